The molecule has 1 N–H and O–H groups in total. The number of aromatic nitrogens is 1. The first kappa shape index (κ1) is 13.3. The SMILES string of the molecule is CCNc1ccncc1S(=O)(=O)N1CCCC1C. The van der Waals surface area contributed by atoms with Crippen molar-refractivity contribution in [1.82, 2.24) is 9.29 Å². The topological polar surface area (TPSA) is 62.3 Å². The Hall–Kier alpha value is -1.14. The summed E-state index contributed by atoms with van der Waals surface area (Å²) in [6, 6.07) is 1.78. The maximum atomic E-state index is 12.6. The first-order valence-corrected chi connectivity index (χ1v) is 7.71. The second kappa shape index (κ2) is 5.24. The third kappa shape index (κ3) is 2.35. The number of hydrogen-bond acceptors (Lipinski definition) is 4. The van der Waals surface area contributed by atoms with Crippen LogP contribution in [-0.4, -0.2) is 36.8 Å². The molecule has 0 amide bonds. The lowest BCUT2D eigenvalue weighted by Crippen LogP contribution is -2.34. The molecule has 1 unspecified atom stereocenters. The number of pyridine rings is 1. The summed E-state index contributed by atoms with van der Waals surface area (Å²) in [5.41, 5.74) is 0.631. The Morgan fingerprint density at radius 3 is 2.94 bits per heavy atom. The molecule has 1 aliphatic heterocycles. The zero-order valence-corrected chi connectivity index (χ0v) is 11.6. The standard InChI is InChI=1S/C12H19N3O2S/c1-3-14-11-6-7-13-9-12(11)18(16,17)15-8-4-5-10(15)2/h6-7,9-10H,3-5,8H2,1-2H3,(H,13,14). The molecule has 0 aromatic carbocycles. The van der Waals surface area contributed by atoms with Gasteiger partial charge in [0.05, 0.1) is 5.69 Å². The monoisotopic (exact) mass is 269 g/mol. The molecule has 0 saturated carbocycles. The van der Waals surface area contributed by atoms with Crippen LogP contribution in [-0.2, 0) is 10.0 Å². The molecule has 1 atom stereocenters. The van der Waals surface area contributed by atoms with E-state index in [0.29, 0.717) is 18.8 Å². The van der Waals surface area contributed by atoms with E-state index in [1.54, 1.807) is 16.6 Å². The van der Waals surface area contributed by atoms with Crippen LogP contribution < -0.4 is 5.32 Å². The molecule has 1 aromatic heterocycles. The molecule has 0 bridgehead atoms. The minimum Gasteiger partial charge on any atom is -0.384 e. The average Bonchev–Trinajstić information content (AvgIpc) is 2.77. The van der Waals surface area contributed by atoms with Crippen molar-refractivity contribution in [2.24, 2.45) is 0 Å². The third-order valence-electron chi connectivity index (χ3n) is 3.23. The molecule has 0 aliphatic carbocycles. The number of anilines is 1. The zero-order chi connectivity index (χ0) is 13.2. The predicted molar refractivity (Wildman–Crippen MR) is 71.0 cm³/mol. The first-order valence-electron chi connectivity index (χ1n) is 6.27. The summed E-state index contributed by atoms with van der Waals surface area (Å²) in [7, 11) is -3.43. The van der Waals surface area contributed by atoms with Crippen LogP contribution in [0.3, 0.4) is 0 Å². The molecule has 5 nitrogen and oxygen atoms in total. The molecular weight excluding hydrogens is 250 g/mol. The second-order valence-electron chi connectivity index (χ2n) is 4.51. The Morgan fingerprint density at radius 1 is 1.56 bits per heavy atom. The molecule has 1 aromatic rings. The van der Waals surface area contributed by atoms with E-state index in [2.05, 4.69) is 10.3 Å². The zero-order valence-electron chi connectivity index (χ0n) is 10.8. The molecule has 6 heteroatoms. The fourth-order valence-corrected chi connectivity index (χ4v) is 4.13. The van der Waals surface area contributed by atoms with Crippen LogP contribution in [0.5, 0.6) is 0 Å². The van der Waals surface area contributed by atoms with Crippen molar-refractivity contribution in [2.75, 3.05) is 18.4 Å². The summed E-state index contributed by atoms with van der Waals surface area (Å²) in [5.74, 6) is 0. The number of nitrogens with zero attached hydrogens (tertiary/aromatic N) is 2. The normalized spacial score (nSPS) is 21.1. The fraction of sp³-hybridized carbons (Fsp3) is 0.583. The lowest BCUT2D eigenvalue weighted by atomic mass is 10.3. The van der Waals surface area contributed by atoms with E-state index in [1.807, 2.05) is 13.8 Å². The van der Waals surface area contributed by atoms with E-state index in [9.17, 15) is 8.42 Å². The Balaban J connectivity index is 2.41. The fourth-order valence-electron chi connectivity index (χ4n) is 2.31. The van der Waals surface area contributed by atoms with Crippen molar-refractivity contribution < 1.29 is 8.42 Å². The van der Waals surface area contributed by atoms with Gasteiger partial charge in [-0.25, -0.2) is 8.42 Å². The van der Waals surface area contributed by atoms with Crippen molar-refractivity contribution in [3.8, 4) is 0 Å². The number of hydrogen-bond donors (Lipinski definition) is 1. The van der Waals surface area contributed by atoms with E-state index in [1.165, 1.54) is 6.20 Å². The lowest BCUT2D eigenvalue weighted by Gasteiger charge is -2.22. The molecule has 1 saturated heterocycles. The van der Waals surface area contributed by atoms with Crippen molar-refractivity contribution in [2.45, 2.75) is 37.6 Å². The van der Waals surface area contributed by atoms with Gasteiger partial charge in [0.25, 0.3) is 0 Å². The molecule has 1 aliphatic rings. The van der Waals surface area contributed by atoms with Gasteiger partial charge in [0.15, 0.2) is 0 Å². The molecule has 2 rings (SSSR count). The van der Waals surface area contributed by atoms with Gasteiger partial charge in [-0.2, -0.15) is 4.31 Å². The Labute approximate surface area is 108 Å². The second-order valence-corrected chi connectivity index (χ2v) is 6.37. The van der Waals surface area contributed by atoms with Crippen LogP contribution >= 0.6 is 0 Å². The van der Waals surface area contributed by atoms with E-state index < -0.39 is 10.0 Å². The van der Waals surface area contributed by atoms with E-state index in [-0.39, 0.29) is 10.9 Å². The Bertz CT molecular complexity index is 516. The smallest absolute Gasteiger partial charge is 0.246 e. The number of rotatable bonds is 4. The minimum atomic E-state index is -3.43. The minimum absolute atomic E-state index is 0.0738. The van der Waals surface area contributed by atoms with Crippen LogP contribution in [0.4, 0.5) is 5.69 Å². The quantitative estimate of drug-likeness (QED) is 0.903. The van der Waals surface area contributed by atoms with Gasteiger partial charge in [-0.3, -0.25) is 4.98 Å². The van der Waals surface area contributed by atoms with E-state index >= 15 is 0 Å². The molecule has 100 valence electrons. The Morgan fingerprint density at radius 2 is 2.33 bits per heavy atom. The maximum Gasteiger partial charge on any atom is 0.246 e. The van der Waals surface area contributed by atoms with Crippen LogP contribution in [0.25, 0.3) is 0 Å². The van der Waals surface area contributed by atoms with Gasteiger partial charge in [-0.15, -0.1) is 0 Å². The van der Waals surface area contributed by atoms with E-state index in [4.69, 9.17) is 0 Å². The van der Waals surface area contributed by atoms with Crippen LogP contribution in [0.2, 0.25) is 0 Å². The predicted octanol–water partition coefficient (Wildman–Crippen LogP) is 1.69. The van der Waals surface area contributed by atoms with Gasteiger partial charge in [-0.05, 0) is 32.8 Å². The summed E-state index contributed by atoms with van der Waals surface area (Å²) < 4.78 is 26.7. The third-order valence-corrected chi connectivity index (χ3v) is 5.27. The highest BCUT2D eigenvalue weighted by atomic mass is 32.2. The summed E-state index contributed by atoms with van der Waals surface area (Å²) in [4.78, 5) is 4.22. The van der Waals surface area contributed by atoms with Crippen molar-refractivity contribution in [3.63, 3.8) is 0 Å². The Kier molecular flexibility index (Phi) is 3.87. The van der Waals surface area contributed by atoms with Crippen LogP contribution in [0.15, 0.2) is 23.4 Å². The van der Waals surface area contributed by atoms with Gasteiger partial charge in [-0.1, -0.05) is 0 Å². The van der Waals surface area contributed by atoms with Gasteiger partial charge in [0.1, 0.15) is 4.90 Å². The van der Waals surface area contributed by atoms with Gasteiger partial charge >= 0.3 is 0 Å². The number of nitrogens with one attached hydrogen (secondary N) is 1. The summed E-state index contributed by atoms with van der Waals surface area (Å²) in [6.07, 6.45) is 4.88. The summed E-state index contributed by atoms with van der Waals surface area (Å²) in [5, 5.41) is 3.07. The highest BCUT2D eigenvalue weighted by molar-refractivity contribution is 7.89. The van der Waals surface area contributed by atoms with Gasteiger partial charge in [0, 0.05) is 31.5 Å². The molecule has 2 heterocycles. The average molecular weight is 269 g/mol. The number of sulfonamides is 1. The van der Waals surface area contributed by atoms with Crippen molar-refractivity contribution in [1.29, 1.82) is 0 Å². The van der Waals surface area contributed by atoms with Crippen molar-refractivity contribution in [3.05, 3.63) is 18.5 Å². The molecule has 18 heavy (non-hydrogen) atoms. The van der Waals surface area contributed by atoms with Gasteiger partial charge < -0.3 is 5.32 Å². The van der Waals surface area contributed by atoms with Crippen LogP contribution in [0, 0.1) is 0 Å². The molecular formula is C12H19N3O2S. The molecule has 1 fully saturated rings. The first-order chi connectivity index (χ1) is 8.57. The molecule has 0 radical (unpaired) electrons. The highest BCUT2D eigenvalue weighted by Crippen LogP contribution is 2.29. The molecule has 0 spiro atoms. The van der Waals surface area contributed by atoms with Crippen molar-refractivity contribution >= 4 is 15.7 Å². The summed E-state index contributed by atoms with van der Waals surface area (Å²) >= 11 is 0. The van der Waals surface area contributed by atoms with E-state index in [0.717, 1.165) is 12.8 Å². The van der Waals surface area contributed by atoms with Crippen LogP contribution in [0.1, 0.15) is 26.7 Å². The lowest BCUT2D eigenvalue weighted by molar-refractivity contribution is 0.408. The summed E-state index contributed by atoms with van der Waals surface area (Å²) in [6.45, 7) is 5.18. The maximum absolute atomic E-state index is 12.6. The van der Waals surface area contributed by atoms with Gasteiger partial charge in [0.2, 0.25) is 10.0 Å². The highest BCUT2D eigenvalue weighted by Gasteiger charge is 2.34. The largest absolute Gasteiger partial charge is 0.384 e.